The molecule has 0 spiro atoms. The van der Waals surface area contributed by atoms with Gasteiger partial charge in [0, 0.05) is 12.5 Å². The van der Waals surface area contributed by atoms with Gasteiger partial charge in [0.2, 0.25) is 10.5 Å². The minimum absolute atomic E-state index is 0.0920. The van der Waals surface area contributed by atoms with Crippen LogP contribution >= 0.6 is 0 Å². The van der Waals surface area contributed by atoms with E-state index in [0.29, 0.717) is 29.4 Å². The highest BCUT2D eigenvalue weighted by molar-refractivity contribution is 5.98. The van der Waals surface area contributed by atoms with E-state index in [1.54, 1.807) is 0 Å². The van der Waals surface area contributed by atoms with Gasteiger partial charge in [-0.1, -0.05) is 0 Å². The van der Waals surface area contributed by atoms with E-state index in [1.165, 1.54) is 0 Å². The number of rotatable bonds is 2. The Morgan fingerprint density at radius 1 is 1.12 bits per heavy atom. The van der Waals surface area contributed by atoms with E-state index in [9.17, 15) is 13.2 Å². The molecule has 2 rings (SSSR count). The zero-order valence-corrected chi connectivity index (χ0v) is 11.5. The average molecular weight is 258 g/mol. The predicted molar refractivity (Wildman–Crippen MR) is 62.0 cm³/mol. The SMILES string of the molecule is Fc1cc(F)c(C2CC=C(O[SiH3])CC2)cc1F. The van der Waals surface area contributed by atoms with E-state index in [2.05, 4.69) is 0 Å². The Hall–Kier alpha value is -1.23. The van der Waals surface area contributed by atoms with Crippen molar-refractivity contribution in [3.63, 3.8) is 0 Å². The average Bonchev–Trinajstić information content (AvgIpc) is 2.34. The molecule has 5 heteroatoms. The van der Waals surface area contributed by atoms with Crippen molar-refractivity contribution in [2.45, 2.75) is 25.2 Å². The lowest BCUT2D eigenvalue weighted by atomic mass is 9.86. The molecular weight excluding hydrogens is 245 g/mol. The van der Waals surface area contributed by atoms with Crippen molar-refractivity contribution >= 4 is 10.5 Å². The summed E-state index contributed by atoms with van der Waals surface area (Å²) >= 11 is 0. The van der Waals surface area contributed by atoms with Gasteiger partial charge in [0.15, 0.2) is 11.6 Å². The maximum atomic E-state index is 13.5. The van der Waals surface area contributed by atoms with Crippen molar-refractivity contribution in [1.29, 1.82) is 0 Å². The highest BCUT2D eigenvalue weighted by Crippen LogP contribution is 2.34. The second-order valence-electron chi connectivity index (χ2n) is 4.13. The molecule has 1 aliphatic rings. The molecule has 0 heterocycles. The molecule has 0 fully saturated rings. The Morgan fingerprint density at radius 3 is 2.41 bits per heavy atom. The third-order valence-electron chi connectivity index (χ3n) is 3.11. The first-order valence-corrected chi connectivity index (χ1v) is 6.31. The monoisotopic (exact) mass is 258 g/mol. The van der Waals surface area contributed by atoms with Gasteiger partial charge in [-0.05, 0) is 36.5 Å². The lowest BCUT2D eigenvalue weighted by Gasteiger charge is -2.22. The summed E-state index contributed by atoms with van der Waals surface area (Å²) in [6.45, 7) is 0. The van der Waals surface area contributed by atoms with Crippen molar-refractivity contribution in [2.75, 3.05) is 0 Å². The van der Waals surface area contributed by atoms with Crippen LogP contribution in [0, 0.1) is 17.5 Å². The van der Waals surface area contributed by atoms with Crippen LogP contribution in [-0.4, -0.2) is 10.5 Å². The third-order valence-corrected chi connectivity index (χ3v) is 3.64. The Kier molecular flexibility index (Phi) is 3.56. The normalized spacial score (nSPS) is 20.2. The standard InChI is InChI=1S/C12H13F3OSi/c13-10-6-12(15)11(14)5-9(10)7-1-3-8(16-17)4-2-7/h3,5-7H,1-2,4H2,17H3. The molecule has 17 heavy (non-hydrogen) atoms. The van der Waals surface area contributed by atoms with Crippen molar-refractivity contribution in [3.8, 4) is 0 Å². The second kappa shape index (κ2) is 4.95. The molecule has 0 saturated heterocycles. The highest BCUT2D eigenvalue weighted by atomic mass is 28.2. The minimum atomic E-state index is -1.14. The van der Waals surface area contributed by atoms with Gasteiger partial charge >= 0.3 is 0 Å². The van der Waals surface area contributed by atoms with E-state index in [4.69, 9.17) is 4.43 Å². The van der Waals surface area contributed by atoms with Crippen LogP contribution in [0.1, 0.15) is 30.7 Å². The summed E-state index contributed by atoms with van der Waals surface area (Å²) in [6.07, 6.45) is 3.95. The maximum Gasteiger partial charge on any atom is 0.203 e. The molecule has 0 bridgehead atoms. The third kappa shape index (κ3) is 2.54. The van der Waals surface area contributed by atoms with Gasteiger partial charge in [-0.3, -0.25) is 0 Å². The fraction of sp³-hybridized carbons (Fsp3) is 0.333. The first-order valence-electron chi connectivity index (χ1n) is 5.49. The predicted octanol–water partition coefficient (Wildman–Crippen LogP) is 2.55. The van der Waals surface area contributed by atoms with E-state index < -0.39 is 17.5 Å². The maximum absolute atomic E-state index is 13.5. The molecule has 0 saturated carbocycles. The molecule has 1 aliphatic carbocycles. The Labute approximate surface area is 101 Å². The summed E-state index contributed by atoms with van der Waals surface area (Å²) in [5, 5.41) is 0. The Morgan fingerprint density at radius 2 is 1.82 bits per heavy atom. The molecule has 0 aliphatic heterocycles. The lowest BCUT2D eigenvalue weighted by molar-refractivity contribution is 0.398. The van der Waals surface area contributed by atoms with Gasteiger partial charge in [0.25, 0.3) is 0 Å². The van der Waals surface area contributed by atoms with E-state index in [0.717, 1.165) is 18.2 Å². The number of hydrogen-bond donors (Lipinski definition) is 0. The number of benzene rings is 1. The topological polar surface area (TPSA) is 9.23 Å². The molecule has 1 atom stereocenters. The Bertz CT molecular complexity index is 459. The van der Waals surface area contributed by atoms with E-state index in [1.807, 2.05) is 6.08 Å². The lowest BCUT2D eigenvalue weighted by Crippen LogP contribution is -2.08. The molecule has 0 N–H and O–H groups in total. The van der Waals surface area contributed by atoms with Crippen LogP contribution in [-0.2, 0) is 4.43 Å². The highest BCUT2D eigenvalue weighted by Gasteiger charge is 2.21. The smallest absolute Gasteiger partial charge is 0.203 e. The fourth-order valence-corrected chi connectivity index (χ4v) is 2.50. The molecule has 1 aromatic carbocycles. The van der Waals surface area contributed by atoms with Crippen molar-refractivity contribution < 1.29 is 17.6 Å². The minimum Gasteiger partial charge on any atom is -0.556 e. The summed E-state index contributed by atoms with van der Waals surface area (Å²) in [4.78, 5) is 0. The zero-order valence-electron chi connectivity index (χ0n) is 9.47. The molecule has 1 aromatic rings. The molecule has 0 amide bonds. The summed E-state index contributed by atoms with van der Waals surface area (Å²) < 4.78 is 44.6. The fourth-order valence-electron chi connectivity index (χ4n) is 2.13. The van der Waals surface area contributed by atoms with Crippen LogP contribution in [0.15, 0.2) is 24.0 Å². The van der Waals surface area contributed by atoms with Gasteiger partial charge in [-0.15, -0.1) is 0 Å². The summed E-state index contributed by atoms with van der Waals surface area (Å²) in [5.41, 5.74) is 0.257. The number of allylic oxidation sites excluding steroid dienone is 2. The molecule has 1 unspecified atom stereocenters. The molecule has 0 radical (unpaired) electrons. The molecule has 92 valence electrons. The zero-order chi connectivity index (χ0) is 12.4. The van der Waals surface area contributed by atoms with Crippen LogP contribution in [0.3, 0.4) is 0 Å². The summed E-state index contributed by atoms with van der Waals surface area (Å²) in [6, 6.07) is 1.59. The molecule has 0 aromatic heterocycles. The van der Waals surface area contributed by atoms with Crippen molar-refractivity contribution in [1.82, 2.24) is 0 Å². The van der Waals surface area contributed by atoms with Crippen LogP contribution < -0.4 is 0 Å². The summed E-state index contributed by atoms with van der Waals surface area (Å²) in [5.74, 6) is -1.96. The van der Waals surface area contributed by atoms with Gasteiger partial charge < -0.3 is 4.43 Å². The van der Waals surface area contributed by atoms with Gasteiger partial charge in [0.05, 0.1) is 5.76 Å². The molecule has 1 nitrogen and oxygen atoms in total. The van der Waals surface area contributed by atoms with Crippen molar-refractivity contribution in [3.05, 3.63) is 47.0 Å². The van der Waals surface area contributed by atoms with Crippen LogP contribution in [0.25, 0.3) is 0 Å². The number of halogens is 3. The van der Waals surface area contributed by atoms with Gasteiger partial charge in [0.1, 0.15) is 5.82 Å². The van der Waals surface area contributed by atoms with Gasteiger partial charge in [-0.25, -0.2) is 13.2 Å². The quantitative estimate of drug-likeness (QED) is 0.585. The second-order valence-corrected chi connectivity index (χ2v) is 4.54. The van der Waals surface area contributed by atoms with Crippen LogP contribution in [0.2, 0.25) is 0 Å². The van der Waals surface area contributed by atoms with E-state index >= 15 is 0 Å². The Balaban J connectivity index is 2.24. The van der Waals surface area contributed by atoms with Crippen LogP contribution in [0.5, 0.6) is 0 Å². The van der Waals surface area contributed by atoms with Crippen LogP contribution in [0.4, 0.5) is 13.2 Å². The van der Waals surface area contributed by atoms with E-state index in [-0.39, 0.29) is 11.5 Å². The summed E-state index contributed by atoms with van der Waals surface area (Å²) in [7, 11) is 0.637. The number of hydrogen-bond acceptors (Lipinski definition) is 1. The first-order chi connectivity index (χ1) is 8.11. The molecular formula is C12H13F3OSi. The largest absolute Gasteiger partial charge is 0.556 e. The van der Waals surface area contributed by atoms with Gasteiger partial charge in [-0.2, -0.15) is 0 Å². The van der Waals surface area contributed by atoms with Crippen molar-refractivity contribution in [2.24, 2.45) is 0 Å². The first kappa shape index (κ1) is 12.2.